The Bertz CT molecular complexity index is 793. The molecule has 0 saturated heterocycles. The van der Waals surface area contributed by atoms with Crippen molar-refractivity contribution in [3.05, 3.63) is 41.2 Å². The van der Waals surface area contributed by atoms with Crippen molar-refractivity contribution in [3.8, 4) is 5.69 Å². The Labute approximate surface area is 146 Å². The number of rotatable bonds is 4. The number of hydrogen-bond acceptors (Lipinski definition) is 3. The van der Waals surface area contributed by atoms with Crippen molar-refractivity contribution in [2.75, 3.05) is 0 Å². The summed E-state index contributed by atoms with van der Waals surface area (Å²) in [6.45, 7) is 2.19. The Morgan fingerprint density at radius 1 is 1.21 bits per heavy atom. The van der Waals surface area contributed by atoms with E-state index in [1.54, 1.807) is 6.20 Å². The van der Waals surface area contributed by atoms with Crippen molar-refractivity contribution in [3.63, 3.8) is 0 Å². The van der Waals surface area contributed by atoms with Crippen LogP contribution in [0.3, 0.4) is 0 Å². The molecule has 1 heterocycles. The van der Waals surface area contributed by atoms with E-state index in [9.17, 15) is 9.90 Å². The normalized spacial score (nSPS) is 18.7. The lowest BCUT2D eigenvalue weighted by Crippen LogP contribution is -2.42. The van der Waals surface area contributed by atoms with E-state index in [4.69, 9.17) is 0 Å². The monoisotopic (exact) mass is 342 g/mol. The minimum Gasteiger partial charge on any atom is -0.480 e. The Morgan fingerprint density at radius 3 is 2.62 bits per heavy atom. The van der Waals surface area contributed by atoms with Crippen LogP contribution in [0, 0.1) is 6.92 Å². The van der Waals surface area contributed by atoms with Crippen LogP contribution in [0.25, 0.3) is 5.69 Å². The summed E-state index contributed by atoms with van der Waals surface area (Å²) >= 11 is 1.42. The highest BCUT2D eigenvalue weighted by atomic mass is 32.2. The van der Waals surface area contributed by atoms with E-state index in [0.717, 1.165) is 37.3 Å². The number of nitrogens with zero attached hydrogens (tertiary/aromatic N) is 2. The van der Waals surface area contributed by atoms with Gasteiger partial charge < -0.3 is 5.11 Å². The van der Waals surface area contributed by atoms with Gasteiger partial charge in [0.1, 0.15) is 4.75 Å². The number of aryl methyl sites for hydroxylation is 1. The molecule has 0 bridgehead atoms. The van der Waals surface area contributed by atoms with Crippen LogP contribution in [0.15, 0.2) is 29.7 Å². The standard InChI is InChI=1S/C19H22N2O2S/c1-13-7-8-16(15-6-3-2-5-14(13)15)21-12-11-20-18(21)24-19(17(22)23)9-4-10-19/h7-8,11-12H,2-6,9-10H2,1H3,(H,22,23). The smallest absolute Gasteiger partial charge is 0.320 e. The molecule has 1 saturated carbocycles. The summed E-state index contributed by atoms with van der Waals surface area (Å²) in [5.41, 5.74) is 5.43. The largest absolute Gasteiger partial charge is 0.480 e. The van der Waals surface area contributed by atoms with E-state index in [2.05, 4.69) is 28.6 Å². The van der Waals surface area contributed by atoms with Crippen molar-refractivity contribution in [2.45, 2.75) is 61.8 Å². The fourth-order valence-electron chi connectivity index (χ4n) is 3.83. The number of thioether (sulfide) groups is 1. The quantitative estimate of drug-likeness (QED) is 0.906. The Balaban J connectivity index is 1.75. The molecular weight excluding hydrogens is 320 g/mol. The van der Waals surface area contributed by atoms with Crippen LogP contribution in [0.1, 0.15) is 48.8 Å². The average molecular weight is 342 g/mol. The summed E-state index contributed by atoms with van der Waals surface area (Å²) in [6.07, 6.45) is 10.9. The zero-order chi connectivity index (χ0) is 16.7. The first kappa shape index (κ1) is 15.8. The van der Waals surface area contributed by atoms with Crippen molar-refractivity contribution in [1.82, 2.24) is 9.55 Å². The Kier molecular flexibility index (Phi) is 3.91. The van der Waals surface area contributed by atoms with Crippen LogP contribution in [0.2, 0.25) is 0 Å². The molecule has 1 aromatic heterocycles. The fraction of sp³-hybridized carbons (Fsp3) is 0.474. The van der Waals surface area contributed by atoms with Gasteiger partial charge in [-0.25, -0.2) is 4.98 Å². The van der Waals surface area contributed by atoms with Crippen LogP contribution >= 0.6 is 11.8 Å². The summed E-state index contributed by atoms with van der Waals surface area (Å²) in [5.74, 6) is -0.709. The summed E-state index contributed by atoms with van der Waals surface area (Å²) in [4.78, 5) is 16.2. The maximum absolute atomic E-state index is 11.7. The summed E-state index contributed by atoms with van der Waals surface area (Å²) in [5, 5.41) is 10.4. The summed E-state index contributed by atoms with van der Waals surface area (Å²) < 4.78 is 1.41. The lowest BCUT2D eigenvalue weighted by Gasteiger charge is -2.36. The van der Waals surface area contributed by atoms with Gasteiger partial charge in [-0.3, -0.25) is 9.36 Å². The van der Waals surface area contributed by atoms with Crippen LogP contribution < -0.4 is 0 Å². The number of carboxylic acid groups (broad SMARTS) is 1. The molecule has 0 aliphatic heterocycles. The van der Waals surface area contributed by atoms with Gasteiger partial charge in [0.15, 0.2) is 5.16 Å². The minimum absolute atomic E-state index is 0.687. The van der Waals surface area contributed by atoms with Gasteiger partial charge in [-0.05, 0) is 74.6 Å². The molecule has 1 aromatic carbocycles. The number of carboxylic acids is 1. The predicted octanol–water partition coefficient (Wildman–Crippen LogP) is 4.16. The second kappa shape index (κ2) is 5.96. The third-order valence-electron chi connectivity index (χ3n) is 5.45. The van der Waals surface area contributed by atoms with Crippen molar-refractivity contribution in [1.29, 1.82) is 0 Å². The molecular formula is C19H22N2O2S. The number of benzene rings is 1. The molecule has 5 heteroatoms. The number of aliphatic carboxylic acids is 1. The third kappa shape index (κ3) is 2.46. The van der Waals surface area contributed by atoms with Gasteiger partial charge in [0, 0.05) is 12.4 Å². The van der Waals surface area contributed by atoms with Crippen LogP contribution in [-0.2, 0) is 17.6 Å². The van der Waals surface area contributed by atoms with E-state index in [-0.39, 0.29) is 0 Å². The highest BCUT2D eigenvalue weighted by Crippen LogP contribution is 2.48. The van der Waals surface area contributed by atoms with Gasteiger partial charge in [-0.2, -0.15) is 0 Å². The molecule has 4 rings (SSSR count). The Hall–Kier alpha value is -1.75. The lowest BCUT2D eigenvalue weighted by molar-refractivity contribution is -0.142. The van der Waals surface area contributed by atoms with Gasteiger partial charge in [-0.15, -0.1) is 0 Å². The van der Waals surface area contributed by atoms with E-state index >= 15 is 0 Å². The Morgan fingerprint density at radius 2 is 1.96 bits per heavy atom. The van der Waals surface area contributed by atoms with Crippen molar-refractivity contribution >= 4 is 17.7 Å². The second-order valence-corrected chi connectivity index (χ2v) is 8.25. The van der Waals surface area contributed by atoms with Gasteiger partial charge in [-0.1, -0.05) is 17.8 Å². The number of hydrogen-bond donors (Lipinski definition) is 1. The molecule has 0 atom stereocenters. The molecule has 2 aliphatic rings. The number of aromatic nitrogens is 2. The van der Waals surface area contributed by atoms with Crippen LogP contribution in [-0.4, -0.2) is 25.4 Å². The molecule has 0 unspecified atom stereocenters. The molecule has 2 aliphatic carbocycles. The first-order valence-corrected chi connectivity index (χ1v) is 9.50. The molecule has 0 amide bonds. The molecule has 4 nitrogen and oxygen atoms in total. The second-order valence-electron chi connectivity index (χ2n) is 6.90. The SMILES string of the molecule is Cc1ccc(-n2ccnc2SC2(C(=O)O)CCC2)c2c1CCCC2. The minimum atomic E-state index is -0.709. The fourth-order valence-corrected chi connectivity index (χ4v) is 5.14. The third-order valence-corrected chi connectivity index (χ3v) is 6.91. The zero-order valence-electron chi connectivity index (χ0n) is 13.9. The topological polar surface area (TPSA) is 55.1 Å². The molecule has 126 valence electrons. The highest BCUT2D eigenvalue weighted by molar-refractivity contribution is 8.01. The van der Waals surface area contributed by atoms with Crippen LogP contribution in [0.4, 0.5) is 0 Å². The highest BCUT2D eigenvalue weighted by Gasteiger charge is 2.46. The van der Waals surface area contributed by atoms with Gasteiger partial charge in [0.2, 0.25) is 0 Å². The zero-order valence-corrected chi connectivity index (χ0v) is 14.7. The van der Waals surface area contributed by atoms with Gasteiger partial charge >= 0.3 is 5.97 Å². The van der Waals surface area contributed by atoms with Crippen LogP contribution in [0.5, 0.6) is 0 Å². The number of imidazole rings is 1. The molecule has 24 heavy (non-hydrogen) atoms. The van der Waals surface area contributed by atoms with E-state index < -0.39 is 10.7 Å². The first-order valence-electron chi connectivity index (χ1n) is 8.68. The summed E-state index contributed by atoms with van der Waals surface area (Å²) in [6, 6.07) is 4.35. The number of carbonyl (C=O) groups is 1. The maximum atomic E-state index is 11.7. The molecule has 0 radical (unpaired) electrons. The van der Waals surface area contributed by atoms with Gasteiger partial charge in [0.25, 0.3) is 0 Å². The molecule has 1 N–H and O–H groups in total. The van der Waals surface area contributed by atoms with Gasteiger partial charge in [0.05, 0.1) is 5.69 Å². The molecule has 1 fully saturated rings. The van der Waals surface area contributed by atoms with E-state index in [1.165, 1.54) is 47.0 Å². The predicted molar refractivity (Wildman–Crippen MR) is 95.0 cm³/mol. The first-order chi connectivity index (χ1) is 11.6. The van der Waals surface area contributed by atoms with E-state index in [1.807, 2.05) is 6.20 Å². The average Bonchev–Trinajstić information content (AvgIpc) is 2.99. The van der Waals surface area contributed by atoms with E-state index in [0.29, 0.717) is 0 Å². The maximum Gasteiger partial charge on any atom is 0.320 e. The molecule has 0 spiro atoms. The van der Waals surface area contributed by atoms with Crippen molar-refractivity contribution in [2.24, 2.45) is 0 Å². The number of fused-ring (bicyclic) bond motifs is 1. The summed E-state index contributed by atoms with van der Waals surface area (Å²) in [7, 11) is 0. The van der Waals surface area contributed by atoms with Crippen molar-refractivity contribution < 1.29 is 9.90 Å². The molecule has 2 aromatic rings. The lowest BCUT2D eigenvalue weighted by atomic mass is 9.84.